The average Bonchev–Trinajstić information content (AvgIpc) is 2.73. The van der Waals surface area contributed by atoms with Crippen LogP contribution in [0, 0.1) is 0 Å². The summed E-state index contributed by atoms with van der Waals surface area (Å²) in [5, 5.41) is 0. The maximum atomic E-state index is 5.77. The Morgan fingerprint density at radius 1 is 1.44 bits per heavy atom. The molecule has 16 heavy (non-hydrogen) atoms. The smallest absolute Gasteiger partial charge is 0.178 e. The summed E-state index contributed by atoms with van der Waals surface area (Å²) in [6.07, 6.45) is -0.0422. The van der Waals surface area contributed by atoms with Gasteiger partial charge in [0.2, 0.25) is 0 Å². The third kappa shape index (κ3) is 2.19. The second-order valence-electron chi connectivity index (χ2n) is 4.03. The van der Waals surface area contributed by atoms with Crippen LogP contribution in [0.1, 0.15) is 18.6 Å². The summed E-state index contributed by atoms with van der Waals surface area (Å²) in [6, 6.07) is 7.79. The molecule has 88 valence electrons. The Kier molecular flexibility index (Phi) is 3.14. The van der Waals surface area contributed by atoms with Crippen molar-refractivity contribution in [2.45, 2.75) is 18.8 Å². The molecule has 4 nitrogen and oxygen atoms in total. The topological polar surface area (TPSA) is 53.7 Å². The first kappa shape index (κ1) is 11.4. The Labute approximate surface area is 95.3 Å². The van der Waals surface area contributed by atoms with Gasteiger partial charge >= 0.3 is 0 Å². The third-order valence-electron chi connectivity index (χ3n) is 2.79. The molecule has 0 bridgehead atoms. The molecule has 1 aliphatic heterocycles. The second kappa shape index (κ2) is 4.41. The van der Waals surface area contributed by atoms with Crippen LogP contribution in [0.15, 0.2) is 24.3 Å². The lowest BCUT2D eigenvalue weighted by Gasteiger charge is -2.20. The van der Waals surface area contributed by atoms with Gasteiger partial charge in [0.05, 0.1) is 13.7 Å². The van der Waals surface area contributed by atoms with Crippen molar-refractivity contribution < 1.29 is 14.2 Å². The van der Waals surface area contributed by atoms with Crippen molar-refractivity contribution in [3.8, 4) is 5.75 Å². The number of methoxy groups -OCH3 is 1. The van der Waals surface area contributed by atoms with Crippen LogP contribution in [-0.2, 0) is 9.47 Å². The standard InChI is InChI=1S/C12H17NO3/c1-12(8-13)15-7-11(16-12)9-3-5-10(14-2)6-4-9/h3-6,11H,7-8,13H2,1-2H3. The molecule has 0 saturated carbocycles. The van der Waals surface area contributed by atoms with E-state index in [9.17, 15) is 0 Å². The van der Waals surface area contributed by atoms with E-state index in [-0.39, 0.29) is 6.10 Å². The van der Waals surface area contributed by atoms with Crippen molar-refractivity contribution in [1.29, 1.82) is 0 Å². The zero-order chi connectivity index (χ0) is 11.6. The monoisotopic (exact) mass is 223 g/mol. The van der Waals surface area contributed by atoms with Gasteiger partial charge in [0.25, 0.3) is 0 Å². The van der Waals surface area contributed by atoms with E-state index in [0.717, 1.165) is 11.3 Å². The van der Waals surface area contributed by atoms with E-state index < -0.39 is 5.79 Å². The molecule has 2 rings (SSSR count). The van der Waals surface area contributed by atoms with Gasteiger partial charge in [-0.25, -0.2) is 0 Å². The van der Waals surface area contributed by atoms with Gasteiger partial charge in [-0.3, -0.25) is 0 Å². The van der Waals surface area contributed by atoms with Crippen molar-refractivity contribution in [1.82, 2.24) is 0 Å². The van der Waals surface area contributed by atoms with Gasteiger partial charge in [-0.15, -0.1) is 0 Å². The summed E-state index contributed by atoms with van der Waals surface area (Å²) < 4.78 is 16.4. The lowest BCUT2D eigenvalue weighted by molar-refractivity contribution is -0.145. The Balaban J connectivity index is 2.08. The zero-order valence-corrected chi connectivity index (χ0v) is 9.60. The number of rotatable bonds is 3. The van der Waals surface area contributed by atoms with Gasteiger partial charge in [0.1, 0.15) is 11.9 Å². The summed E-state index contributed by atoms with van der Waals surface area (Å²) in [5.74, 6) is 0.189. The fraction of sp³-hybridized carbons (Fsp3) is 0.500. The first-order chi connectivity index (χ1) is 7.67. The molecule has 0 radical (unpaired) electrons. The quantitative estimate of drug-likeness (QED) is 0.842. The predicted molar refractivity (Wildman–Crippen MR) is 60.2 cm³/mol. The van der Waals surface area contributed by atoms with Crippen LogP contribution < -0.4 is 10.5 Å². The molecule has 0 amide bonds. The van der Waals surface area contributed by atoms with Crippen molar-refractivity contribution in [3.63, 3.8) is 0 Å². The van der Waals surface area contributed by atoms with Crippen LogP contribution in [0.25, 0.3) is 0 Å². The number of hydrogen-bond donors (Lipinski definition) is 1. The van der Waals surface area contributed by atoms with E-state index in [0.29, 0.717) is 13.2 Å². The molecule has 2 atom stereocenters. The van der Waals surface area contributed by atoms with E-state index >= 15 is 0 Å². The van der Waals surface area contributed by atoms with Crippen LogP contribution in [0.2, 0.25) is 0 Å². The molecular weight excluding hydrogens is 206 g/mol. The Hall–Kier alpha value is -1.10. The second-order valence-corrected chi connectivity index (χ2v) is 4.03. The van der Waals surface area contributed by atoms with Gasteiger partial charge in [-0.1, -0.05) is 12.1 Å². The summed E-state index contributed by atoms with van der Waals surface area (Å²) in [6.45, 7) is 2.76. The van der Waals surface area contributed by atoms with E-state index in [1.165, 1.54) is 0 Å². The molecule has 1 aliphatic rings. The molecule has 2 N–H and O–H groups in total. The molecule has 0 spiro atoms. The maximum Gasteiger partial charge on any atom is 0.178 e. The van der Waals surface area contributed by atoms with Crippen LogP contribution in [0.3, 0.4) is 0 Å². The third-order valence-corrected chi connectivity index (χ3v) is 2.79. The molecule has 0 aliphatic carbocycles. The minimum Gasteiger partial charge on any atom is -0.497 e. The van der Waals surface area contributed by atoms with Crippen molar-refractivity contribution in [2.75, 3.05) is 20.3 Å². The molecule has 1 aromatic carbocycles. The van der Waals surface area contributed by atoms with Crippen LogP contribution in [0.4, 0.5) is 0 Å². The Morgan fingerprint density at radius 2 is 2.12 bits per heavy atom. The molecule has 4 heteroatoms. The average molecular weight is 223 g/mol. The summed E-state index contributed by atoms with van der Waals surface area (Å²) in [4.78, 5) is 0. The highest BCUT2D eigenvalue weighted by molar-refractivity contribution is 5.28. The SMILES string of the molecule is COc1ccc(C2COC(C)(CN)O2)cc1. The Morgan fingerprint density at radius 3 is 2.62 bits per heavy atom. The number of ether oxygens (including phenoxy) is 3. The lowest BCUT2D eigenvalue weighted by atomic mass is 10.1. The van der Waals surface area contributed by atoms with E-state index in [1.54, 1.807) is 7.11 Å². The van der Waals surface area contributed by atoms with E-state index in [2.05, 4.69) is 0 Å². The molecule has 2 unspecified atom stereocenters. The van der Waals surface area contributed by atoms with Crippen LogP contribution in [0.5, 0.6) is 5.75 Å². The van der Waals surface area contributed by atoms with Gasteiger partial charge < -0.3 is 19.9 Å². The first-order valence-electron chi connectivity index (χ1n) is 5.33. The highest BCUT2D eigenvalue weighted by Gasteiger charge is 2.36. The fourth-order valence-corrected chi connectivity index (χ4v) is 1.71. The summed E-state index contributed by atoms with van der Waals surface area (Å²) in [5.41, 5.74) is 6.67. The molecule has 1 aromatic rings. The minimum atomic E-state index is -0.648. The lowest BCUT2D eigenvalue weighted by Crippen LogP contribution is -2.35. The largest absolute Gasteiger partial charge is 0.497 e. The first-order valence-corrected chi connectivity index (χ1v) is 5.33. The molecule has 1 saturated heterocycles. The molecule has 0 aromatic heterocycles. The highest BCUT2D eigenvalue weighted by atomic mass is 16.7. The molecule has 1 heterocycles. The summed E-state index contributed by atoms with van der Waals surface area (Å²) in [7, 11) is 1.65. The number of nitrogens with two attached hydrogens (primary N) is 1. The molecular formula is C12H17NO3. The zero-order valence-electron chi connectivity index (χ0n) is 9.60. The van der Waals surface area contributed by atoms with Crippen molar-refractivity contribution in [3.05, 3.63) is 29.8 Å². The highest BCUT2D eigenvalue weighted by Crippen LogP contribution is 2.33. The van der Waals surface area contributed by atoms with E-state index in [1.807, 2.05) is 31.2 Å². The number of benzene rings is 1. The van der Waals surface area contributed by atoms with E-state index in [4.69, 9.17) is 19.9 Å². The van der Waals surface area contributed by atoms with Gasteiger partial charge in [-0.2, -0.15) is 0 Å². The maximum absolute atomic E-state index is 5.77. The van der Waals surface area contributed by atoms with Gasteiger partial charge in [0.15, 0.2) is 5.79 Å². The molecule has 1 fully saturated rings. The summed E-state index contributed by atoms with van der Waals surface area (Å²) >= 11 is 0. The number of hydrogen-bond acceptors (Lipinski definition) is 4. The van der Waals surface area contributed by atoms with Crippen molar-refractivity contribution >= 4 is 0 Å². The van der Waals surface area contributed by atoms with Gasteiger partial charge in [-0.05, 0) is 24.6 Å². The predicted octanol–water partition coefficient (Wildman–Crippen LogP) is 1.46. The van der Waals surface area contributed by atoms with Gasteiger partial charge in [0, 0.05) is 6.54 Å². The van der Waals surface area contributed by atoms with Crippen molar-refractivity contribution in [2.24, 2.45) is 5.73 Å². The Bertz CT molecular complexity index is 352. The normalized spacial score (nSPS) is 29.3. The fourth-order valence-electron chi connectivity index (χ4n) is 1.71. The minimum absolute atomic E-state index is 0.0422. The van der Waals surface area contributed by atoms with Crippen LogP contribution >= 0.6 is 0 Å². The van der Waals surface area contributed by atoms with Crippen LogP contribution in [-0.4, -0.2) is 26.0 Å².